The lowest BCUT2D eigenvalue weighted by atomic mass is 9.76. The van der Waals surface area contributed by atoms with Gasteiger partial charge in [0.25, 0.3) is 0 Å². The largest absolute Gasteiger partial charge is 0.389 e. The van der Waals surface area contributed by atoms with Crippen molar-refractivity contribution in [2.75, 3.05) is 0 Å². The first-order valence-electron chi connectivity index (χ1n) is 6.03. The van der Waals surface area contributed by atoms with Gasteiger partial charge in [0.2, 0.25) is 0 Å². The molecule has 15 heavy (non-hydrogen) atoms. The first-order chi connectivity index (χ1) is 6.87. The van der Waals surface area contributed by atoms with Crippen molar-refractivity contribution in [1.82, 2.24) is 0 Å². The van der Waals surface area contributed by atoms with E-state index in [-0.39, 0.29) is 0 Å². The topological polar surface area (TPSA) is 20.2 Å². The summed E-state index contributed by atoms with van der Waals surface area (Å²) in [6.45, 7) is 6.88. The van der Waals surface area contributed by atoms with Crippen molar-refractivity contribution in [2.45, 2.75) is 64.9 Å². The number of aliphatic hydroxyl groups is 1. The Morgan fingerprint density at radius 3 is 2.53 bits per heavy atom. The average Bonchev–Trinajstić information content (AvgIpc) is 2.26. The van der Waals surface area contributed by atoms with Crippen molar-refractivity contribution >= 4 is 0 Å². The van der Waals surface area contributed by atoms with Gasteiger partial charge in [-0.25, -0.2) is 0 Å². The van der Waals surface area contributed by atoms with Gasteiger partial charge in [0.1, 0.15) is 0 Å². The molecule has 0 aliphatic heterocycles. The Bertz CT molecular complexity index is 243. The van der Waals surface area contributed by atoms with Gasteiger partial charge in [-0.2, -0.15) is 0 Å². The predicted octanol–water partition coefficient (Wildman–Crippen LogP) is 3.37. The summed E-state index contributed by atoms with van der Waals surface area (Å²) in [6, 6.07) is 0. The van der Waals surface area contributed by atoms with Gasteiger partial charge in [0.15, 0.2) is 0 Å². The Kier molecular flexibility index (Phi) is 3.84. The summed E-state index contributed by atoms with van der Waals surface area (Å²) in [5, 5.41) is 10.3. The van der Waals surface area contributed by atoms with Gasteiger partial charge >= 0.3 is 0 Å². The fourth-order valence-electron chi connectivity index (χ4n) is 2.62. The fourth-order valence-corrected chi connectivity index (χ4v) is 2.62. The maximum absolute atomic E-state index is 10.3. The van der Waals surface area contributed by atoms with E-state index in [9.17, 15) is 5.11 Å². The second-order valence-corrected chi connectivity index (χ2v) is 6.10. The monoisotopic (exact) mass is 208 g/mol. The van der Waals surface area contributed by atoms with Crippen molar-refractivity contribution in [3.63, 3.8) is 0 Å². The number of terminal acetylenes is 1. The maximum Gasteiger partial charge on any atom is 0.0756 e. The molecule has 2 unspecified atom stereocenters. The zero-order valence-electron chi connectivity index (χ0n) is 10.3. The zero-order chi connectivity index (χ0) is 11.5. The number of hydrogen-bond donors (Lipinski definition) is 1. The molecule has 0 aromatic rings. The third-order valence-corrected chi connectivity index (χ3v) is 3.81. The SMILES string of the molecule is C#CCC1(O)CCCC(C(C)(C)C)CC1. The molecule has 1 nitrogen and oxygen atoms in total. The van der Waals surface area contributed by atoms with Gasteiger partial charge in [-0.15, -0.1) is 12.3 Å². The Morgan fingerprint density at radius 2 is 2.00 bits per heavy atom. The third kappa shape index (κ3) is 3.54. The van der Waals surface area contributed by atoms with E-state index in [2.05, 4.69) is 26.7 Å². The average molecular weight is 208 g/mol. The van der Waals surface area contributed by atoms with Crippen LogP contribution in [-0.2, 0) is 0 Å². The van der Waals surface area contributed by atoms with Gasteiger partial charge in [0.05, 0.1) is 5.60 Å². The van der Waals surface area contributed by atoms with E-state index in [0.29, 0.717) is 11.8 Å². The molecule has 1 rings (SSSR count). The Morgan fingerprint density at radius 1 is 1.33 bits per heavy atom. The molecule has 1 aliphatic rings. The molecule has 1 N–H and O–H groups in total. The van der Waals surface area contributed by atoms with Gasteiger partial charge in [-0.1, -0.05) is 27.2 Å². The quantitative estimate of drug-likeness (QED) is 0.517. The molecule has 0 radical (unpaired) electrons. The van der Waals surface area contributed by atoms with Gasteiger partial charge in [0, 0.05) is 6.42 Å². The van der Waals surface area contributed by atoms with Crippen LogP contribution in [-0.4, -0.2) is 10.7 Å². The van der Waals surface area contributed by atoms with E-state index < -0.39 is 5.60 Å². The molecule has 0 aromatic heterocycles. The van der Waals surface area contributed by atoms with E-state index in [1.807, 2.05) is 0 Å². The van der Waals surface area contributed by atoms with E-state index in [0.717, 1.165) is 31.6 Å². The van der Waals surface area contributed by atoms with Gasteiger partial charge < -0.3 is 5.11 Å². The lowest BCUT2D eigenvalue weighted by molar-refractivity contribution is 0.0272. The highest BCUT2D eigenvalue weighted by atomic mass is 16.3. The van der Waals surface area contributed by atoms with Crippen molar-refractivity contribution in [3.8, 4) is 12.3 Å². The summed E-state index contributed by atoms with van der Waals surface area (Å²) >= 11 is 0. The highest BCUT2D eigenvalue weighted by Crippen LogP contribution is 2.40. The normalized spacial score (nSPS) is 33.1. The highest BCUT2D eigenvalue weighted by Gasteiger charge is 2.33. The molecular weight excluding hydrogens is 184 g/mol. The summed E-state index contributed by atoms with van der Waals surface area (Å²) in [5.41, 5.74) is -0.212. The zero-order valence-corrected chi connectivity index (χ0v) is 10.3. The van der Waals surface area contributed by atoms with Crippen LogP contribution in [0.3, 0.4) is 0 Å². The second-order valence-electron chi connectivity index (χ2n) is 6.10. The van der Waals surface area contributed by atoms with Crippen LogP contribution in [0.5, 0.6) is 0 Å². The van der Waals surface area contributed by atoms with Crippen LogP contribution in [0.15, 0.2) is 0 Å². The van der Waals surface area contributed by atoms with Crippen molar-refractivity contribution in [1.29, 1.82) is 0 Å². The summed E-state index contributed by atoms with van der Waals surface area (Å²) in [4.78, 5) is 0. The van der Waals surface area contributed by atoms with Crippen LogP contribution < -0.4 is 0 Å². The van der Waals surface area contributed by atoms with E-state index in [1.165, 1.54) is 6.42 Å². The molecule has 0 amide bonds. The predicted molar refractivity (Wildman–Crippen MR) is 64.4 cm³/mol. The molecular formula is C14H24O. The highest BCUT2D eigenvalue weighted by molar-refractivity contribution is 4.97. The molecule has 1 saturated carbocycles. The smallest absolute Gasteiger partial charge is 0.0756 e. The molecule has 2 atom stereocenters. The van der Waals surface area contributed by atoms with Gasteiger partial charge in [-0.05, 0) is 37.0 Å². The third-order valence-electron chi connectivity index (χ3n) is 3.81. The standard InChI is InChI=1S/C14H24O/c1-5-9-14(15)10-6-7-12(8-11-14)13(2,3)4/h1,12,15H,6-11H2,2-4H3. The molecule has 0 saturated heterocycles. The summed E-state index contributed by atoms with van der Waals surface area (Å²) in [5.74, 6) is 3.34. The van der Waals surface area contributed by atoms with Crippen LogP contribution in [0.25, 0.3) is 0 Å². The van der Waals surface area contributed by atoms with Crippen LogP contribution in [0.2, 0.25) is 0 Å². The minimum atomic E-state index is -0.575. The van der Waals surface area contributed by atoms with E-state index in [4.69, 9.17) is 6.42 Å². The molecule has 86 valence electrons. The second kappa shape index (κ2) is 4.58. The van der Waals surface area contributed by atoms with E-state index in [1.54, 1.807) is 0 Å². The summed E-state index contributed by atoms with van der Waals surface area (Å²) < 4.78 is 0. The Labute approximate surface area is 94.3 Å². The Balaban J connectivity index is 2.60. The Hall–Kier alpha value is -0.480. The lowest BCUT2D eigenvalue weighted by Gasteiger charge is -2.30. The van der Waals surface area contributed by atoms with Crippen LogP contribution in [0.4, 0.5) is 0 Å². The van der Waals surface area contributed by atoms with Crippen molar-refractivity contribution < 1.29 is 5.11 Å². The molecule has 1 fully saturated rings. The fraction of sp³-hybridized carbons (Fsp3) is 0.857. The van der Waals surface area contributed by atoms with Crippen molar-refractivity contribution in [2.24, 2.45) is 11.3 Å². The minimum absolute atomic E-state index is 0.362. The van der Waals surface area contributed by atoms with Gasteiger partial charge in [-0.3, -0.25) is 0 Å². The lowest BCUT2D eigenvalue weighted by Crippen LogP contribution is -2.27. The van der Waals surface area contributed by atoms with Crippen LogP contribution in [0.1, 0.15) is 59.3 Å². The van der Waals surface area contributed by atoms with Crippen LogP contribution >= 0.6 is 0 Å². The number of hydrogen-bond acceptors (Lipinski definition) is 1. The molecule has 1 heteroatoms. The van der Waals surface area contributed by atoms with Crippen molar-refractivity contribution in [3.05, 3.63) is 0 Å². The molecule has 0 bridgehead atoms. The molecule has 0 aromatic carbocycles. The summed E-state index contributed by atoms with van der Waals surface area (Å²) in [6.07, 6.45) is 11.0. The molecule has 1 aliphatic carbocycles. The van der Waals surface area contributed by atoms with Crippen LogP contribution in [0, 0.1) is 23.7 Å². The van der Waals surface area contributed by atoms with E-state index >= 15 is 0 Å². The molecule has 0 heterocycles. The molecule has 0 spiro atoms. The number of rotatable bonds is 1. The minimum Gasteiger partial charge on any atom is -0.389 e. The summed E-state index contributed by atoms with van der Waals surface area (Å²) in [7, 11) is 0. The first-order valence-corrected chi connectivity index (χ1v) is 6.03. The first kappa shape index (κ1) is 12.6. The maximum atomic E-state index is 10.3.